The Bertz CT molecular complexity index is 1460. The fourth-order valence-corrected chi connectivity index (χ4v) is 5.25. The molecule has 1 nitrogen and oxygen atoms in total. The maximum absolute atomic E-state index is 6.42. The first-order valence-corrected chi connectivity index (χ1v) is 9.34. The zero-order valence-electron chi connectivity index (χ0n) is 13.0. The van der Waals surface area contributed by atoms with E-state index in [0.29, 0.717) is 0 Å². The second-order valence-electron chi connectivity index (χ2n) is 6.30. The average Bonchev–Trinajstić information content (AvgIpc) is 3.20. The number of fused-ring (bicyclic) bond motifs is 9. The summed E-state index contributed by atoms with van der Waals surface area (Å²) in [6.07, 6.45) is 0. The molecule has 0 fully saturated rings. The van der Waals surface area contributed by atoms with E-state index >= 15 is 0 Å². The summed E-state index contributed by atoms with van der Waals surface area (Å²) in [5.74, 6) is 0. The molecule has 0 unspecified atom stereocenters. The molecule has 0 saturated heterocycles. The van der Waals surface area contributed by atoms with Crippen molar-refractivity contribution in [2.24, 2.45) is 0 Å². The molecular formula is C22H11ClOS. The van der Waals surface area contributed by atoms with Gasteiger partial charge in [0.25, 0.3) is 0 Å². The van der Waals surface area contributed by atoms with Gasteiger partial charge in [-0.1, -0.05) is 54.1 Å². The summed E-state index contributed by atoms with van der Waals surface area (Å²) in [5, 5.41) is 7.96. The number of rotatable bonds is 0. The maximum Gasteiger partial charge on any atom is 0.144 e. The molecule has 4 aromatic carbocycles. The molecule has 2 heterocycles. The van der Waals surface area contributed by atoms with Gasteiger partial charge >= 0.3 is 0 Å². The van der Waals surface area contributed by atoms with E-state index < -0.39 is 0 Å². The highest BCUT2D eigenvalue weighted by Gasteiger charge is 2.17. The van der Waals surface area contributed by atoms with E-state index in [4.69, 9.17) is 16.0 Å². The number of furan rings is 1. The Kier molecular flexibility index (Phi) is 2.61. The fraction of sp³-hybridized carbons (Fsp3) is 0. The number of halogens is 1. The van der Waals surface area contributed by atoms with Gasteiger partial charge in [0.05, 0.1) is 9.72 Å². The van der Waals surface area contributed by atoms with Crippen molar-refractivity contribution in [2.75, 3.05) is 0 Å². The van der Waals surface area contributed by atoms with Crippen LogP contribution in [0.2, 0.25) is 5.02 Å². The van der Waals surface area contributed by atoms with Crippen molar-refractivity contribution in [1.29, 1.82) is 0 Å². The predicted molar refractivity (Wildman–Crippen MR) is 109 cm³/mol. The van der Waals surface area contributed by atoms with Crippen molar-refractivity contribution in [1.82, 2.24) is 0 Å². The Labute approximate surface area is 152 Å². The Hall–Kier alpha value is -2.55. The molecular weight excluding hydrogens is 348 g/mol. The number of thiophene rings is 1. The smallest absolute Gasteiger partial charge is 0.144 e. The maximum atomic E-state index is 6.42. The zero-order chi connectivity index (χ0) is 16.5. The minimum Gasteiger partial charge on any atom is -0.455 e. The molecule has 3 heteroatoms. The largest absolute Gasteiger partial charge is 0.455 e. The summed E-state index contributed by atoms with van der Waals surface area (Å²) >= 11 is 8.14. The van der Waals surface area contributed by atoms with E-state index in [1.54, 1.807) is 11.3 Å². The summed E-state index contributed by atoms with van der Waals surface area (Å²) in [6.45, 7) is 0. The van der Waals surface area contributed by atoms with Gasteiger partial charge in [0, 0.05) is 26.2 Å². The monoisotopic (exact) mass is 358 g/mol. The predicted octanol–water partition coefficient (Wildman–Crippen LogP) is 7.76. The van der Waals surface area contributed by atoms with E-state index in [1.807, 2.05) is 12.1 Å². The standard InChI is InChI=1S/C22H11ClOS/c23-16-7-3-6-15-20-18(25-22(15)16)11-9-14-19-13-5-2-1-4-12(13)8-10-17(19)24-21(14)20/h1-11H. The minimum absolute atomic E-state index is 0.799. The normalized spacial score (nSPS) is 12.2. The first-order chi connectivity index (χ1) is 12.3. The van der Waals surface area contributed by atoms with Crippen molar-refractivity contribution in [3.63, 3.8) is 0 Å². The first-order valence-electron chi connectivity index (χ1n) is 8.15. The molecule has 2 aromatic heterocycles. The van der Waals surface area contributed by atoms with Crippen molar-refractivity contribution < 1.29 is 4.42 Å². The third kappa shape index (κ3) is 1.73. The second kappa shape index (κ2) is 4.75. The molecule has 0 spiro atoms. The van der Waals surface area contributed by atoms with Gasteiger partial charge in [-0.3, -0.25) is 0 Å². The Morgan fingerprint density at radius 1 is 0.720 bits per heavy atom. The van der Waals surface area contributed by atoms with Crippen LogP contribution in [0.1, 0.15) is 0 Å². The lowest BCUT2D eigenvalue weighted by Crippen LogP contribution is -1.73. The third-order valence-electron chi connectivity index (χ3n) is 4.94. The van der Waals surface area contributed by atoms with Crippen LogP contribution in [0.15, 0.2) is 71.1 Å². The Morgan fingerprint density at radius 2 is 1.60 bits per heavy atom. The molecule has 25 heavy (non-hydrogen) atoms. The van der Waals surface area contributed by atoms with Crippen molar-refractivity contribution >= 4 is 75.8 Å². The van der Waals surface area contributed by atoms with Gasteiger partial charge in [-0.25, -0.2) is 0 Å². The molecule has 0 aliphatic heterocycles. The fourth-order valence-electron chi connectivity index (χ4n) is 3.85. The highest BCUT2D eigenvalue weighted by atomic mass is 35.5. The highest BCUT2D eigenvalue weighted by molar-refractivity contribution is 7.26. The van der Waals surface area contributed by atoms with Gasteiger partial charge in [0.2, 0.25) is 0 Å². The van der Waals surface area contributed by atoms with Crippen LogP contribution in [0, 0.1) is 0 Å². The Balaban J connectivity index is 1.92. The van der Waals surface area contributed by atoms with E-state index in [9.17, 15) is 0 Å². The van der Waals surface area contributed by atoms with Crippen LogP contribution < -0.4 is 0 Å². The molecule has 0 amide bonds. The van der Waals surface area contributed by atoms with Gasteiger partial charge in [-0.2, -0.15) is 0 Å². The SMILES string of the molecule is Clc1cccc2c1sc1ccc3c(oc4ccc5ccccc5c43)c12. The molecule has 0 radical (unpaired) electrons. The summed E-state index contributed by atoms with van der Waals surface area (Å²) in [4.78, 5) is 0. The summed E-state index contributed by atoms with van der Waals surface area (Å²) < 4.78 is 8.67. The van der Waals surface area contributed by atoms with E-state index in [2.05, 4.69) is 54.6 Å². The summed E-state index contributed by atoms with van der Waals surface area (Å²) in [6, 6.07) is 23.1. The van der Waals surface area contributed by atoms with Crippen molar-refractivity contribution in [3.05, 3.63) is 71.8 Å². The lowest BCUT2D eigenvalue weighted by molar-refractivity contribution is 0.673. The van der Waals surface area contributed by atoms with Crippen molar-refractivity contribution in [2.45, 2.75) is 0 Å². The molecule has 0 aliphatic rings. The topological polar surface area (TPSA) is 13.1 Å². The quantitative estimate of drug-likeness (QED) is 0.270. The van der Waals surface area contributed by atoms with Crippen LogP contribution in [-0.2, 0) is 0 Å². The number of hydrogen-bond donors (Lipinski definition) is 0. The molecule has 0 saturated carbocycles. The van der Waals surface area contributed by atoms with Gasteiger partial charge in [-0.05, 0) is 35.0 Å². The number of hydrogen-bond acceptors (Lipinski definition) is 2. The average molecular weight is 359 g/mol. The van der Waals surface area contributed by atoms with Crippen LogP contribution in [0.3, 0.4) is 0 Å². The van der Waals surface area contributed by atoms with Crippen LogP contribution in [-0.4, -0.2) is 0 Å². The molecule has 118 valence electrons. The second-order valence-corrected chi connectivity index (χ2v) is 7.76. The van der Waals surface area contributed by atoms with Crippen LogP contribution in [0.5, 0.6) is 0 Å². The first kappa shape index (κ1) is 13.7. The molecule has 0 aliphatic carbocycles. The van der Waals surface area contributed by atoms with E-state index in [-0.39, 0.29) is 0 Å². The lowest BCUT2D eigenvalue weighted by atomic mass is 10.0. The van der Waals surface area contributed by atoms with Gasteiger partial charge in [-0.15, -0.1) is 11.3 Å². The lowest BCUT2D eigenvalue weighted by Gasteiger charge is -1.98. The number of benzene rings is 4. The summed E-state index contributed by atoms with van der Waals surface area (Å²) in [7, 11) is 0. The molecule has 6 rings (SSSR count). The zero-order valence-corrected chi connectivity index (χ0v) is 14.6. The summed E-state index contributed by atoms with van der Waals surface area (Å²) in [5.41, 5.74) is 1.89. The molecule has 0 bridgehead atoms. The Morgan fingerprint density at radius 3 is 2.56 bits per heavy atom. The molecule has 0 N–H and O–H groups in total. The minimum atomic E-state index is 0.799. The van der Waals surface area contributed by atoms with Gasteiger partial charge in [0.15, 0.2) is 0 Å². The molecule has 0 atom stereocenters. The van der Waals surface area contributed by atoms with E-state index in [0.717, 1.165) is 20.9 Å². The van der Waals surface area contributed by atoms with Crippen LogP contribution in [0.25, 0.3) is 52.9 Å². The van der Waals surface area contributed by atoms with Crippen molar-refractivity contribution in [3.8, 4) is 0 Å². The van der Waals surface area contributed by atoms with E-state index in [1.165, 1.54) is 37.0 Å². The third-order valence-corrected chi connectivity index (χ3v) is 6.57. The van der Waals surface area contributed by atoms with Gasteiger partial charge < -0.3 is 4.42 Å². The highest BCUT2D eigenvalue weighted by Crippen LogP contribution is 2.44. The van der Waals surface area contributed by atoms with Gasteiger partial charge in [0.1, 0.15) is 11.2 Å². The molecule has 6 aromatic rings. The van der Waals surface area contributed by atoms with Crippen LogP contribution in [0.4, 0.5) is 0 Å². The van der Waals surface area contributed by atoms with Crippen LogP contribution >= 0.6 is 22.9 Å².